The lowest BCUT2D eigenvalue weighted by Crippen LogP contribution is -2.22. The zero-order valence-electron chi connectivity index (χ0n) is 13.6. The second-order valence-corrected chi connectivity index (χ2v) is 5.74. The lowest BCUT2D eigenvalue weighted by atomic mass is 10.1. The third-order valence-corrected chi connectivity index (χ3v) is 4.05. The van der Waals surface area contributed by atoms with Crippen LogP contribution in [0.25, 0.3) is 16.7 Å². The maximum atomic E-state index is 14.8. The SMILES string of the molecule is COc1cc2c(cc1O)NNC=C2Oc1ccc2[nH]c(C)cc2c1F. The number of aryl methyl sites for hydroxylation is 1. The van der Waals surface area contributed by atoms with Crippen molar-refractivity contribution in [3.63, 3.8) is 0 Å². The van der Waals surface area contributed by atoms with Gasteiger partial charge in [0.2, 0.25) is 0 Å². The molecule has 0 fully saturated rings. The molecule has 128 valence electrons. The van der Waals surface area contributed by atoms with Crippen molar-refractivity contribution in [1.82, 2.24) is 10.4 Å². The summed E-state index contributed by atoms with van der Waals surface area (Å²) in [5.41, 5.74) is 8.54. The molecule has 0 saturated carbocycles. The van der Waals surface area contributed by atoms with Crippen molar-refractivity contribution < 1.29 is 19.0 Å². The fraction of sp³-hybridized carbons (Fsp3) is 0.111. The standard InChI is InChI=1S/C18H16FN3O3/c1-9-5-11-12(21-9)3-4-15(18(11)19)25-17-8-20-22-13-7-14(23)16(24-2)6-10(13)17/h3-8,20-23H,1-2H3. The summed E-state index contributed by atoms with van der Waals surface area (Å²) in [6.45, 7) is 1.87. The Kier molecular flexibility index (Phi) is 3.42. The van der Waals surface area contributed by atoms with Crippen molar-refractivity contribution in [2.24, 2.45) is 0 Å². The first-order chi connectivity index (χ1) is 12.1. The number of aromatic hydroxyl groups is 1. The highest BCUT2D eigenvalue weighted by Gasteiger charge is 2.20. The summed E-state index contributed by atoms with van der Waals surface area (Å²) >= 11 is 0. The second-order valence-electron chi connectivity index (χ2n) is 5.74. The van der Waals surface area contributed by atoms with Crippen LogP contribution < -0.4 is 20.3 Å². The van der Waals surface area contributed by atoms with E-state index in [1.165, 1.54) is 13.2 Å². The molecule has 0 spiro atoms. The number of H-pyrrole nitrogens is 1. The smallest absolute Gasteiger partial charge is 0.175 e. The van der Waals surface area contributed by atoms with Gasteiger partial charge in [0.15, 0.2) is 28.8 Å². The molecule has 6 nitrogen and oxygen atoms in total. The van der Waals surface area contributed by atoms with E-state index >= 15 is 0 Å². The van der Waals surface area contributed by atoms with Gasteiger partial charge in [-0.2, -0.15) is 0 Å². The minimum Gasteiger partial charge on any atom is -0.504 e. The molecule has 0 aliphatic carbocycles. The molecule has 2 heterocycles. The average molecular weight is 341 g/mol. The van der Waals surface area contributed by atoms with Gasteiger partial charge in [-0.1, -0.05) is 0 Å². The molecule has 0 saturated heterocycles. The number of halogens is 1. The number of nitrogens with one attached hydrogen (secondary N) is 3. The minimum atomic E-state index is -0.437. The van der Waals surface area contributed by atoms with E-state index in [1.54, 1.807) is 30.5 Å². The number of hydrazine groups is 1. The van der Waals surface area contributed by atoms with Crippen molar-refractivity contribution in [3.05, 3.63) is 53.6 Å². The van der Waals surface area contributed by atoms with Crippen LogP contribution in [0.1, 0.15) is 11.3 Å². The molecule has 1 aliphatic rings. The van der Waals surface area contributed by atoms with E-state index in [1.807, 2.05) is 6.92 Å². The monoisotopic (exact) mass is 341 g/mol. The summed E-state index contributed by atoms with van der Waals surface area (Å²) < 4.78 is 25.7. The number of hydrogen-bond donors (Lipinski definition) is 4. The molecule has 0 unspecified atom stereocenters. The topological polar surface area (TPSA) is 78.5 Å². The predicted octanol–water partition coefficient (Wildman–Crippen LogP) is 3.64. The quantitative estimate of drug-likeness (QED) is 0.585. The van der Waals surface area contributed by atoms with Crippen molar-refractivity contribution in [2.75, 3.05) is 12.5 Å². The molecule has 25 heavy (non-hydrogen) atoms. The third kappa shape index (κ3) is 2.50. The van der Waals surface area contributed by atoms with Crippen LogP contribution in [0.15, 0.2) is 36.5 Å². The largest absolute Gasteiger partial charge is 0.504 e. The highest BCUT2D eigenvalue weighted by Crippen LogP contribution is 2.38. The van der Waals surface area contributed by atoms with Gasteiger partial charge < -0.3 is 30.4 Å². The number of ether oxygens (including phenoxy) is 2. The van der Waals surface area contributed by atoms with E-state index in [9.17, 15) is 9.50 Å². The highest BCUT2D eigenvalue weighted by atomic mass is 19.1. The van der Waals surface area contributed by atoms with Crippen LogP contribution in [0, 0.1) is 12.7 Å². The minimum absolute atomic E-state index is 0.00722. The maximum absolute atomic E-state index is 14.8. The molecule has 7 heteroatoms. The molecule has 3 aromatic rings. The summed E-state index contributed by atoms with van der Waals surface area (Å²) in [7, 11) is 1.46. The molecule has 0 atom stereocenters. The molecule has 0 bridgehead atoms. The Hall–Kier alpha value is -3.35. The summed E-state index contributed by atoms with van der Waals surface area (Å²) in [6.07, 6.45) is 1.57. The van der Waals surface area contributed by atoms with Crippen molar-refractivity contribution >= 4 is 22.3 Å². The van der Waals surface area contributed by atoms with Crippen LogP contribution in [0.3, 0.4) is 0 Å². The molecular formula is C18H16FN3O3. The summed E-state index contributed by atoms with van der Waals surface area (Å²) in [5.74, 6) is 0.368. The van der Waals surface area contributed by atoms with Crippen LogP contribution in [-0.2, 0) is 0 Å². The molecule has 0 radical (unpaired) electrons. The van der Waals surface area contributed by atoms with Crippen molar-refractivity contribution in [1.29, 1.82) is 0 Å². The summed E-state index contributed by atoms with van der Waals surface area (Å²) in [5, 5.41) is 10.4. The summed E-state index contributed by atoms with van der Waals surface area (Å²) in [4.78, 5) is 3.09. The first kappa shape index (κ1) is 15.2. The Bertz CT molecular complexity index is 1010. The van der Waals surface area contributed by atoms with Gasteiger partial charge in [-0.25, -0.2) is 4.39 Å². The Morgan fingerprint density at radius 3 is 2.76 bits per heavy atom. The molecule has 1 aromatic heterocycles. The maximum Gasteiger partial charge on any atom is 0.175 e. The van der Waals surface area contributed by atoms with Gasteiger partial charge in [0.1, 0.15) is 0 Å². The highest BCUT2D eigenvalue weighted by molar-refractivity contribution is 5.84. The molecule has 4 rings (SSSR count). The van der Waals surface area contributed by atoms with Gasteiger partial charge in [-0.15, -0.1) is 0 Å². The molecule has 2 aromatic carbocycles. The fourth-order valence-electron chi connectivity index (χ4n) is 2.87. The number of phenols is 1. The van der Waals surface area contributed by atoms with E-state index in [-0.39, 0.29) is 11.5 Å². The average Bonchev–Trinajstić information content (AvgIpc) is 2.98. The Morgan fingerprint density at radius 2 is 1.96 bits per heavy atom. The van der Waals surface area contributed by atoms with Gasteiger partial charge in [0.05, 0.1) is 19.0 Å². The number of methoxy groups -OCH3 is 1. The number of anilines is 1. The number of aromatic nitrogens is 1. The van der Waals surface area contributed by atoms with Crippen LogP contribution >= 0.6 is 0 Å². The van der Waals surface area contributed by atoms with Gasteiger partial charge in [0.25, 0.3) is 0 Å². The number of phenolic OH excluding ortho intramolecular Hbond substituents is 1. The van der Waals surface area contributed by atoms with Crippen LogP contribution in [0.2, 0.25) is 0 Å². The van der Waals surface area contributed by atoms with E-state index < -0.39 is 5.82 Å². The predicted molar refractivity (Wildman–Crippen MR) is 93.0 cm³/mol. The lowest BCUT2D eigenvalue weighted by molar-refractivity contribution is 0.373. The van der Waals surface area contributed by atoms with E-state index in [2.05, 4.69) is 15.8 Å². The normalized spacial score (nSPS) is 12.8. The zero-order valence-corrected chi connectivity index (χ0v) is 13.6. The molecule has 4 N–H and O–H groups in total. The van der Waals surface area contributed by atoms with Crippen LogP contribution in [-0.4, -0.2) is 17.2 Å². The molecule has 0 amide bonds. The number of aromatic amines is 1. The zero-order chi connectivity index (χ0) is 17.6. The van der Waals surface area contributed by atoms with Gasteiger partial charge in [-0.3, -0.25) is 0 Å². The van der Waals surface area contributed by atoms with Crippen molar-refractivity contribution in [2.45, 2.75) is 6.92 Å². The van der Waals surface area contributed by atoms with Gasteiger partial charge in [0, 0.05) is 28.2 Å². The first-order valence-corrected chi connectivity index (χ1v) is 7.65. The molecular weight excluding hydrogens is 325 g/mol. The second kappa shape index (κ2) is 5.62. The van der Waals surface area contributed by atoms with Crippen LogP contribution in [0.5, 0.6) is 17.2 Å². The lowest BCUT2D eigenvalue weighted by Gasteiger charge is -2.22. The van der Waals surface area contributed by atoms with Gasteiger partial charge >= 0.3 is 0 Å². The number of fused-ring (bicyclic) bond motifs is 2. The van der Waals surface area contributed by atoms with Crippen molar-refractivity contribution in [3.8, 4) is 17.2 Å². The number of rotatable bonds is 3. The number of hydrogen-bond acceptors (Lipinski definition) is 5. The Morgan fingerprint density at radius 1 is 1.12 bits per heavy atom. The van der Waals surface area contributed by atoms with Gasteiger partial charge in [-0.05, 0) is 31.2 Å². The molecule has 1 aliphatic heterocycles. The van der Waals surface area contributed by atoms with E-state index in [0.29, 0.717) is 33.7 Å². The Labute approximate surface area is 142 Å². The fourth-order valence-corrected chi connectivity index (χ4v) is 2.87. The van der Waals surface area contributed by atoms with E-state index in [4.69, 9.17) is 9.47 Å². The van der Waals surface area contributed by atoms with Crippen LogP contribution in [0.4, 0.5) is 10.1 Å². The van der Waals surface area contributed by atoms with E-state index in [0.717, 1.165) is 5.69 Å². The summed E-state index contributed by atoms with van der Waals surface area (Å²) in [6, 6.07) is 8.22. The first-order valence-electron chi connectivity index (χ1n) is 7.65. The number of benzene rings is 2. The Balaban J connectivity index is 1.75. The third-order valence-electron chi connectivity index (χ3n) is 4.05.